The molecule has 0 spiro atoms. The molecule has 0 aromatic heterocycles. The predicted molar refractivity (Wildman–Crippen MR) is 80.2 cm³/mol. The summed E-state index contributed by atoms with van der Waals surface area (Å²) in [4.78, 5) is 14.7. The number of ether oxygens (including phenoxy) is 1. The van der Waals surface area contributed by atoms with Crippen LogP contribution >= 0.6 is 0 Å². The summed E-state index contributed by atoms with van der Waals surface area (Å²) in [6, 6.07) is 0. The third-order valence-corrected chi connectivity index (χ3v) is 5.37. The molecule has 0 bridgehead atoms. The van der Waals surface area contributed by atoms with Crippen LogP contribution in [0.25, 0.3) is 0 Å². The molecule has 1 aliphatic heterocycles. The minimum Gasteiger partial charge on any atom is -0.378 e. The van der Waals surface area contributed by atoms with Gasteiger partial charge in [0.05, 0.1) is 6.10 Å². The van der Waals surface area contributed by atoms with Crippen molar-refractivity contribution in [3.05, 3.63) is 12.7 Å². The average molecular weight is 280 g/mol. The minimum atomic E-state index is -0.770. The summed E-state index contributed by atoms with van der Waals surface area (Å²) in [7, 11) is 0. The van der Waals surface area contributed by atoms with E-state index in [0.29, 0.717) is 18.9 Å². The van der Waals surface area contributed by atoms with Crippen LogP contribution in [0.2, 0.25) is 0 Å². The Morgan fingerprint density at radius 2 is 2.05 bits per heavy atom. The Hall–Kier alpha value is -0.870. The molecule has 0 radical (unpaired) electrons. The Morgan fingerprint density at radius 1 is 1.45 bits per heavy atom. The number of carbonyl (C=O) groups excluding carboxylic acids is 1. The number of nitrogens with zero attached hydrogens (tertiary/aromatic N) is 1. The molecule has 4 heteroatoms. The van der Waals surface area contributed by atoms with Gasteiger partial charge in [-0.05, 0) is 25.7 Å². The number of allylic oxidation sites excluding steroid dienone is 1. The molecule has 4 nitrogen and oxygen atoms in total. The van der Waals surface area contributed by atoms with Crippen molar-refractivity contribution in [3.8, 4) is 0 Å². The average Bonchev–Trinajstić information content (AvgIpc) is 2.46. The fourth-order valence-corrected chi connectivity index (χ4v) is 3.42. The SMILES string of the molecule is C=CC1CCN(C(=O)C2(N)CC(OCC)C2(C)C)CC1. The first-order chi connectivity index (χ1) is 9.36. The number of hydrogen-bond donors (Lipinski definition) is 1. The lowest BCUT2D eigenvalue weighted by atomic mass is 9.54. The molecule has 1 amide bonds. The van der Waals surface area contributed by atoms with Crippen LogP contribution in [0.15, 0.2) is 12.7 Å². The van der Waals surface area contributed by atoms with Gasteiger partial charge in [0.15, 0.2) is 0 Å². The van der Waals surface area contributed by atoms with Gasteiger partial charge >= 0.3 is 0 Å². The first-order valence-corrected chi connectivity index (χ1v) is 7.69. The zero-order valence-corrected chi connectivity index (χ0v) is 13.0. The summed E-state index contributed by atoms with van der Waals surface area (Å²) in [5, 5.41) is 0. The molecular weight excluding hydrogens is 252 g/mol. The van der Waals surface area contributed by atoms with Gasteiger partial charge in [-0.1, -0.05) is 19.9 Å². The summed E-state index contributed by atoms with van der Waals surface area (Å²) in [6.07, 6.45) is 4.72. The van der Waals surface area contributed by atoms with Crippen LogP contribution in [0.1, 0.15) is 40.0 Å². The van der Waals surface area contributed by atoms with Crippen molar-refractivity contribution in [2.45, 2.75) is 51.7 Å². The van der Waals surface area contributed by atoms with Crippen LogP contribution in [0.4, 0.5) is 0 Å². The molecule has 1 saturated carbocycles. The van der Waals surface area contributed by atoms with Crippen LogP contribution in [0.3, 0.4) is 0 Å². The van der Waals surface area contributed by atoms with Crippen molar-refractivity contribution in [3.63, 3.8) is 0 Å². The highest BCUT2D eigenvalue weighted by Crippen LogP contribution is 2.50. The zero-order valence-electron chi connectivity index (χ0n) is 13.0. The maximum atomic E-state index is 12.8. The summed E-state index contributed by atoms with van der Waals surface area (Å²) >= 11 is 0. The predicted octanol–water partition coefficient (Wildman–Crippen LogP) is 1.94. The molecule has 2 rings (SSSR count). The zero-order chi connectivity index (χ0) is 15.0. The highest BCUT2D eigenvalue weighted by atomic mass is 16.5. The van der Waals surface area contributed by atoms with Crippen LogP contribution in [-0.2, 0) is 9.53 Å². The van der Waals surface area contributed by atoms with E-state index in [0.717, 1.165) is 25.9 Å². The van der Waals surface area contributed by atoms with E-state index in [1.807, 2.05) is 31.7 Å². The maximum Gasteiger partial charge on any atom is 0.243 e. The Kier molecular flexibility index (Phi) is 4.26. The van der Waals surface area contributed by atoms with E-state index in [-0.39, 0.29) is 17.4 Å². The molecule has 2 fully saturated rings. The Bertz CT molecular complexity index is 386. The van der Waals surface area contributed by atoms with Gasteiger partial charge < -0.3 is 15.4 Å². The Labute approximate surface area is 122 Å². The molecule has 0 aromatic carbocycles. The lowest BCUT2D eigenvalue weighted by Crippen LogP contribution is -2.76. The number of hydrogen-bond acceptors (Lipinski definition) is 3. The molecule has 2 aliphatic rings. The molecule has 1 saturated heterocycles. The number of piperidine rings is 1. The normalized spacial score (nSPS) is 33.6. The van der Waals surface area contributed by atoms with Gasteiger partial charge in [0.1, 0.15) is 5.54 Å². The number of nitrogens with two attached hydrogens (primary N) is 1. The van der Waals surface area contributed by atoms with E-state index < -0.39 is 5.54 Å². The van der Waals surface area contributed by atoms with Crippen molar-refractivity contribution in [2.24, 2.45) is 17.1 Å². The van der Waals surface area contributed by atoms with Crippen LogP contribution in [0, 0.1) is 11.3 Å². The quantitative estimate of drug-likeness (QED) is 0.801. The van der Waals surface area contributed by atoms with Crippen LogP contribution in [-0.4, -0.2) is 42.1 Å². The Morgan fingerprint density at radius 3 is 2.50 bits per heavy atom. The molecule has 2 N–H and O–H groups in total. The van der Waals surface area contributed by atoms with Gasteiger partial charge in [-0.15, -0.1) is 6.58 Å². The smallest absolute Gasteiger partial charge is 0.243 e. The standard InChI is InChI=1S/C16H28N2O2/c1-5-12-7-9-18(10-8-12)14(19)16(17)11-13(20-6-2)15(16,3)4/h5,12-13H,1,6-11,17H2,2-4H3. The molecule has 2 atom stereocenters. The van der Waals surface area contributed by atoms with E-state index >= 15 is 0 Å². The number of rotatable bonds is 4. The fourth-order valence-electron chi connectivity index (χ4n) is 3.42. The van der Waals surface area contributed by atoms with Gasteiger partial charge in [-0.25, -0.2) is 0 Å². The lowest BCUT2D eigenvalue weighted by molar-refractivity contribution is -0.180. The fraction of sp³-hybridized carbons (Fsp3) is 0.812. The van der Waals surface area contributed by atoms with E-state index in [1.165, 1.54) is 0 Å². The van der Waals surface area contributed by atoms with E-state index in [2.05, 4.69) is 6.58 Å². The van der Waals surface area contributed by atoms with Crippen LogP contribution < -0.4 is 5.73 Å². The summed E-state index contributed by atoms with van der Waals surface area (Å²) < 4.78 is 5.70. The van der Waals surface area contributed by atoms with Gasteiger partial charge in [-0.2, -0.15) is 0 Å². The first-order valence-electron chi connectivity index (χ1n) is 7.69. The molecule has 2 unspecified atom stereocenters. The minimum absolute atomic E-state index is 0.0900. The molecule has 114 valence electrons. The van der Waals surface area contributed by atoms with Gasteiger partial charge in [-0.3, -0.25) is 4.79 Å². The highest BCUT2D eigenvalue weighted by Gasteiger charge is 2.63. The van der Waals surface area contributed by atoms with Crippen molar-refractivity contribution in [2.75, 3.05) is 19.7 Å². The highest BCUT2D eigenvalue weighted by molar-refractivity contribution is 5.89. The van der Waals surface area contributed by atoms with E-state index in [1.54, 1.807) is 0 Å². The van der Waals surface area contributed by atoms with Gasteiger partial charge in [0, 0.05) is 31.5 Å². The molecule has 20 heavy (non-hydrogen) atoms. The molecular formula is C16H28N2O2. The second-order valence-corrected chi connectivity index (χ2v) is 6.71. The van der Waals surface area contributed by atoms with Crippen molar-refractivity contribution in [1.82, 2.24) is 4.90 Å². The second-order valence-electron chi connectivity index (χ2n) is 6.71. The maximum absolute atomic E-state index is 12.8. The van der Waals surface area contributed by atoms with Crippen molar-refractivity contribution in [1.29, 1.82) is 0 Å². The summed E-state index contributed by atoms with van der Waals surface area (Å²) in [5.41, 5.74) is 5.39. The van der Waals surface area contributed by atoms with Gasteiger partial charge in [0.25, 0.3) is 0 Å². The van der Waals surface area contributed by atoms with E-state index in [9.17, 15) is 4.79 Å². The number of carbonyl (C=O) groups is 1. The van der Waals surface area contributed by atoms with E-state index in [4.69, 9.17) is 10.5 Å². The lowest BCUT2D eigenvalue weighted by Gasteiger charge is -2.59. The number of likely N-dealkylation sites (tertiary alicyclic amines) is 1. The summed E-state index contributed by atoms with van der Waals surface area (Å²) in [5.74, 6) is 0.638. The topological polar surface area (TPSA) is 55.6 Å². The third kappa shape index (κ3) is 2.29. The van der Waals surface area contributed by atoms with Crippen LogP contribution in [0.5, 0.6) is 0 Å². The third-order valence-electron chi connectivity index (χ3n) is 5.37. The molecule has 0 aromatic rings. The second kappa shape index (κ2) is 5.49. The Balaban J connectivity index is 2.01. The summed E-state index contributed by atoms with van der Waals surface area (Å²) in [6.45, 7) is 12.2. The largest absolute Gasteiger partial charge is 0.378 e. The number of amides is 1. The van der Waals surface area contributed by atoms with Gasteiger partial charge in [0.2, 0.25) is 5.91 Å². The first kappa shape index (κ1) is 15.5. The van der Waals surface area contributed by atoms with Crippen molar-refractivity contribution >= 4 is 5.91 Å². The monoisotopic (exact) mass is 280 g/mol. The molecule has 1 aliphatic carbocycles. The molecule has 1 heterocycles. The van der Waals surface area contributed by atoms with Crippen molar-refractivity contribution < 1.29 is 9.53 Å².